The molecule has 1 aliphatic heterocycles. The van der Waals surface area contributed by atoms with Crippen LogP contribution in [0.3, 0.4) is 0 Å². The number of carbonyl (C=O) groups excluding carboxylic acids is 1. The number of rotatable bonds is 4. The van der Waals surface area contributed by atoms with Gasteiger partial charge in [0.25, 0.3) is 0 Å². The monoisotopic (exact) mass is 249 g/mol. The molecule has 0 aromatic heterocycles. The molecule has 0 spiro atoms. The van der Waals surface area contributed by atoms with E-state index in [0.29, 0.717) is 12.3 Å². The molecule has 92 valence electrons. The number of likely N-dealkylation sites (tertiary alicyclic amines) is 1. The lowest BCUT2D eigenvalue weighted by Gasteiger charge is -2.16. The first kappa shape index (κ1) is 12.5. The lowest BCUT2D eigenvalue weighted by Crippen LogP contribution is -2.24. The van der Waals surface area contributed by atoms with Gasteiger partial charge >= 0.3 is 0 Å². The summed E-state index contributed by atoms with van der Waals surface area (Å²) in [5.74, 6) is 1.50. The minimum atomic E-state index is 0.267. The van der Waals surface area contributed by atoms with Crippen molar-refractivity contribution in [3.63, 3.8) is 0 Å². The molecule has 1 aromatic carbocycles. The predicted molar refractivity (Wildman–Crippen MR) is 73.2 cm³/mol. The molecule has 0 radical (unpaired) electrons. The van der Waals surface area contributed by atoms with Crippen molar-refractivity contribution in [2.45, 2.75) is 26.3 Å². The summed E-state index contributed by atoms with van der Waals surface area (Å²) in [4.78, 5) is 13.7. The highest BCUT2D eigenvalue weighted by atomic mass is 32.1. The third-order valence-corrected chi connectivity index (χ3v) is 3.87. The fourth-order valence-electron chi connectivity index (χ4n) is 2.23. The molecule has 0 bridgehead atoms. The Labute approximate surface area is 108 Å². The Kier molecular flexibility index (Phi) is 4.11. The summed E-state index contributed by atoms with van der Waals surface area (Å²) in [5.41, 5.74) is 2.56. The van der Waals surface area contributed by atoms with Gasteiger partial charge in [0.15, 0.2) is 0 Å². The molecular formula is C14H19NOS. The quantitative estimate of drug-likeness (QED) is 0.813. The summed E-state index contributed by atoms with van der Waals surface area (Å²) in [6.45, 7) is 3.75. The molecule has 1 atom stereocenters. The molecular weight excluding hydrogens is 230 g/mol. The Morgan fingerprint density at radius 1 is 1.29 bits per heavy atom. The van der Waals surface area contributed by atoms with Crippen molar-refractivity contribution >= 4 is 18.5 Å². The van der Waals surface area contributed by atoms with E-state index in [1.165, 1.54) is 11.1 Å². The maximum Gasteiger partial charge on any atom is 0.223 e. The van der Waals surface area contributed by atoms with Gasteiger partial charge in [0.05, 0.1) is 0 Å². The molecule has 1 aliphatic rings. The van der Waals surface area contributed by atoms with Crippen LogP contribution >= 0.6 is 12.6 Å². The van der Waals surface area contributed by atoms with Crippen molar-refractivity contribution in [2.75, 3.05) is 12.3 Å². The predicted octanol–water partition coefficient (Wildman–Crippen LogP) is 2.53. The first-order chi connectivity index (χ1) is 8.22. The van der Waals surface area contributed by atoms with Crippen LogP contribution < -0.4 is 0 Å². The number of amides is 1. The highest BCUT2D eigenvalue weighted by molar-refractivity contribution is 7.80. The van der Waals surface area contributed by atoms with E-state index < -0.39 is 0 Å². The van der Waals surface area contributed by atoms with Crippen molar-refractivity contribution in [1.82, 2.24) is 4.90 Å². The minimum absolute atomic E-state index is 0.267. The summed E-state index contributed by atoms with van der Waals surface area (Å²) in [7, 11) is 0. The molecule has 1 fully saturated rings. The lowest BCUT2D eigenvalue weighted by atomic mass is 10.1. The Hall–Kier alpha value is -0.960. The van der Waals surface area contributed by atoms with Crippen LogP contribution in [-0.2, 0) is 17.8 Å². The molecule has 1 amide bonds. The number of nitrogens with zero attached hydrogens (tertiary/aromatic N) is 1. The van der Waals surface area contributed by atoms with Crippen molar-refractivity contribution < 1.29 is 4.79 Å². The van der Waals surface area contributed by atoms with Gasteiger partial charge in [0.1, 0.15) is 0 Å². The molecule has 17 heavy (non-hydrogen) atoms. The van der Waals surface area contributed by atoms with Gasteiger partial charge in [-0.1, -0.05) is 31.2 Å². The Bertz CT molecular complexity index is 388. The SMILES string of the molecule is CCc1ccc(CN2CC(CS)CC2=O)cc1. The number of hydrogen-bond acceptors (Lipinski definition) is 2. The Morgan fingerprint density at radius 2 is 1.94 bits per heavy atom. The molecule has 0 aliphatic carbocycles. The number of thiol groups is 1. The van der Waals surface area contributed by atoms with Crippen LogP contribution in [0.2, 0.25) is 0 Å². The normalized spacial score (nSPS) is 20.0. The zero-order chi connectivity index (χ0) is 12.3. The van der Waals surface area contributed by atoms with E-state index in [2.05, 4.69) is 43.8 Å². The van der Waals surface area contributed by atoms with Crippen LogP contribution in [0.25, 0.3) is 0 Å². The van der Waals surface area contributed by atoms with Gasteiger partial charge in [0, 0.05) is 19.5 Å². The largest absolute Gasteiger partial charge is 0.338 e. The lowest BCUT2D eigenvalue weighted by molar-refractivity contribution is -0.128. The number of carbonyl (C=O) groups is 1. The molecule has 0 N–H and O–H groups in total. The highest BCUT2D eigenvalue weighted by Gasteiger charge is 2.28. The van der Waals surface area contributed by atoms with Gasteiger partial charge in [-0.05, 0) is 29.2 Å². The number of hydrogen-bond donors (Lipinski definition) is 1. The van der Waals surface area contributed by atoms with Crippen LogP contribution in [0, 0.1) is 5.92 Å². The molecule has 1 heterocycles. The van der Waals surface area contributed by atoms with E-state index in [-0.39, 0.29) is 5.91 Å². The zero-order valence-electron chi connectivity index (χ0n) is 10.2. The second-order valence-electron chi connectivity index (χ2n) is 4.70. The summed E-state index contributed by atoms with van der Waals surface area (Å²) in [5, 5.41) is 0. The molecule has 1 saturated heterocycles. The maximum atomic E-state index is 11.8. The van der Waals surface area contributed by atoms with Crippen LogP contribution in [-0.4, -0.2) is 23.1 Å². The average Bonchev–Trinajstić information content (AvgIpc) is 2.71. The van der Waals surface area contributed by atoms with Gasteiger partial charge in [-0.25, -0.2) is 0 Å². The van der Waals surface area contributed by atoms with Crippen LogP contribution in [0.15, 0.2) is 24.3 Å². The van der Waals surface area contributed by atoms with Crippen molar-refractivity contribution in [1.29, 1.82) is 0 Å². The maximum absolute atomic E-state index is 11.8. The summed E-state index contributed by atoms with van der Waals surface area (Å²) < 4.78 is 0. The van der Waals surface area contributed by atoms with Gasteiger partial charge in [-0.3, -0.25) is 4.79 Å². The van der Waals surface area contributed by atoms with Gasteiger partial charge in [0.2, 0.25) is 5.91 Å². The smallest absolute Gasteiger partial charge is 0.223 e. The van der Waals surface area contributed by atoms with E-state index in [9.17, 15) is 4.79 Å². The third-order valence-electron chi connectivity index (χ3n) is 3.36. The third kappa shape index (κ3) is 3.03. The van der Waals surface area contributed by atoms with Crippen molar-refractivity contribution in [3.8, 4) is 0 Å². The Balaban J connectivity index is 1.98. The van der Waals surface area contributed by atoms with Gasteiger partial charge < -0.3 is 4.90 Å². The molecule has 1 unspecified atom stereocenters. The van der Waals surface area contributed by atoms with Crippen molar-refractivity contribution in [3.05, 3.63) is 35.4 Å². The topological polar surface area (TPSA) is 20.3 Å². The Morgan fingerprint density at radius 3 is 2.47 bits per heavy atom. The molecule has 0 saturated carbocycles. The first-order valence-electron chi connectivity index (χ1n) is 6.19. The van der Waals surface area contributed by atoms with Gasteiger partial charge in [-0.2, -0.15) is 12.6 Å². The molecule has 2 nitrogen and oxygen atoms in total. The van der Waals surface area contributed by atoms with Crippen LogP contribution in [0.1, 0.15) is 24.5 Å². The number of benzene rings is 1. The van der Waals surface area contributed by atoms with E-state index in [4.69, 9.17) is 0 Å². The minimum Gasteiger partial charge on any atom is -0.338 e. The van der Waals surface area contributed by atoms with E-state index in [1.54, 1.807) is 0 Å². The second-order valence-corrected chi connectivity index (χ2v) is 5.06. The zero-order valence-corrected chi connectivity index (χ0v) is 11.1. The van der Waals surface area contributed by atoms with Gasteiger partial charge in [-0.15, -0.1) is 0 Å². The van der Waals surface area contributed by atoms with E-state index in [0.717, 1.165) is 25.3 Å². The summed E-state index contributed by atoms with van der Waals surface area (Å²) >= 11 is 4.27. The highest BCUT2D eigenvalue weighted by Crippen LogP contribution is 2.21. The van der Waals surface area contributed by atoms with E-state index in [1.807, 2.05) is 4.90 Å². The average molecular weight is 249 g/mol. The standard InChI is InChI=1S/C14H19NOS/c1-2-11-3-5-12(6-4-11)8-15-9-13(10-17)7-14(15)16/h3-6,13,17H,2,7-10H2,1H3. The summed E-state index contributed by atoms with van der Waals surface area (Å²) in [6, 6.07) is 8.54. The summed E-state index contributed by atoms with van der Waals surface area (Å²) in [6.07, 6.45) is 1.72. The van der Waals surface area contributed by atoms with Crippen molar-refractivity contribution in [2.24, 2.45) is 5.92 Å². The fourth-order valence-corrected chi connectivity index (χ4v) is 2.47. The second kappa shape index (κ2) is 5.58. The molecule has 3 heteroatoms. The molecule has 2 rings (SSSR count). The van der Waals surface area contributed by atoms with Crippen LogP contribution in [0.5, 0.6) is 0 Å². The fraction of sp³-hybridized carbons (Fsp3) is 0.500. The molecule has 1 aromatic rings. The van der Waals surface area contributed by atoms with E-state index >= 15 is 0 Å². The van der Waals surface area contributed by atoms with Crippen LogP contribution in [0.4, 0.5) is 0 Å². The first-order valence-corrected chi connectivity index (χ1v) is 6.82. The number of aryl methyl sites for hydroxylation is 1.